The monoisotopic (exact) mass is 249 g/mol. The van der Waals surface area contributed by atoms with Crippen molar-refractivity contribution in [3.63, 3.8) is 0 Å². The Balaban J connectivity index is 1.86. The van der Waals surface area contributed by atoms with E-state index in [2.05, 4.69) is 0 Å². The molecule has 1 aliphatic heterocycles. The molecule has 1 atom stereocenters. The van der Waals surface area contributed by atoms with Crippen LogP contribution in [0.5, 0.6) is 0 Å². The van der Waals surface area contributed by atoms with E-state index >= 15 is 0 Å². The molecular formula is C12H11NO5. The molecule has 1 unspecified atom stereocenters. The van der Waals surface area contributed by atoms with Crippen molar-refractivity contribution in [1.82, 2.24) is 0 Å². The number of non-ortho nitro benzene ring substituents is 1. The minimum atomic E-state index is -0.475. The molecule has 0 aliphatic carbocycles. The maximum Gasteiger partial charge on any atom is 0.330 e. The Morgan fingerprint density at radius 2 is 2.17 bits per heavy atom. The summed E-state index contributed by atoms with van der Waals surface area (Å²) < 4.78 is 9.78. The van der Waals surface area contributed by atoms with Crippen LogP contribution >= 0.6 is 0 Å². The van der Waals surface area contributed by atoms with Crippen LogP contribution in [0.25, 0.3) is 6.08 Å². The van der Waals surface area contributed by atoms with Gasteiger partial charge in [0.15, 0.2) is 0 Å². The van der Waals surface area contributed by atoms with E-state index in [1.54, 1.807) is 18.2 Å². The second-order valence-corrected chi connectivity index (χ2v) is 3.77. The summed E-state index contributed by atoms with van der Waals surface area (Å²) in [4.78, 5) is 21.2. The van der Waals surface area contributed by atoms with Crippen molar-refractivity contribution in [2.24, 2.45) is 0 Å². The number of benzene rings is 1. The highest BCUT2D eigenvalue weighted by atomic mass is 16.6. The van der Waals surface area contributed by atoms with Crippen LogP contribution in [0.1, 0.15) is 5.56 Å². The minimum absolute atomic E-state index is 0.0145. The van der Waals surface area contributed by atoms with Crippen molar-refractivity contribution in [1.29, 1.82) is 0 Å². The van der Waals surface area contributed by atoms with Crippen molar-refractivity contribution in [2.75, 3.05) is 13.2 Å². The third-order valence-electron chi connectivity index (χ3n) is 2.33. The standard InChI is InChI=1S/C12H11NO5/c14-12(18-8-11-7-17-11)6-3-9-1-4-10(5-2-9)13(15)16/h1-6,11H,7-8H2. The Morgan fingerprint density at radius 3 is 2.72 bits per heavy atom. The molecule has 94 valence electrons. The van der Waals surface area contributed by atoms with Crippen molar-refractivity contribution < 1.29 is 19.2 Å². The van der Waals surface area contributed by atoms with Crippen molar-refractivity contribution in [3.8, 4) is 0 Å². The van der Waals surface area contributed by atoms with Crippen LogP contribution in [0.3, 0.4) is 0 Å². The molecule has 0 radical (unpaired) electrons. The molecule has 1 aromatic rings. The van der Waals surface area contributed by atoms with Crippen LogP contribution in [-0.4, -0.2) is 30.2 Å². The molecule has 2 rings (SSSR count). The molecule has 0 bridgehead atoms. The first-order chi connectivity index (χ1) is 8.65. The fraction of sp³-hybridized carbons (Fsp3) is 0.250. The smallest absolute Gasteiger partial charge is 0.330 e. The Hall–Kier alpha value is -2.21. The Labute approximate surface area is 103 Å². The third kappa shape index (κ3) is 3.67. The first-order valence-corrected chi connectivity index (χ1v) is 5.36. The molecule has 1 aromatic carbocycles. The zero-order chi connectivity index (χ0) is 13.0. The Kier molecular flexibility index (Phi) is 3.69. The number of rotatable bonds is 5. The van der Waals surface area contributed by atoms with Crippen LogP contribution in [0, 0.1) is 10.1 Å². The molecular weight excluding hydrogens is 238 g/mol. The number of nitrogens with zero attached hydrogens (tertiary/aromatic N) is 1. The number of nitro groups is 1. The van der Waals surface area contributed by atoms with Crippen LogP contribution in [0.15, 0.2) is 30.3 Å². The zero-order valence-electron chi connectivity index (χ0n) is 9.44. The number of nitro benzene ring substituents is 1. The van der Waals surface area contributed by atoms with E-state index in [4.69, 9.17) is 9.47 Å². The SMILES string of the molecule is O=C(C=Cc1ccc([N+](=O)[O-])cc1)OCC1CO1. The summed E-state index contributed by atoms with van der Waals surface area (Å²) in [5, 5.41) is 10.4. The average Bonchev–Trinajstić information content (AvgIpc) is 3.18. The van der Waals surface area contributed by atoms with Gasteiger partial charge < -0.3 is 9.47 Å². The van der Waals surface area contributed by atoms with E-state index in [0.717, 1.165) is 0 Å². The van der Waals surface area contributed by atoms with E-state index in [0.29, 0.717) is 12.2 Å². The topological polar surface area (TPSA) is 82.0 Å². The number of hydrogen-bond donors (Lipinski definition) is 0. The molecule has 0 amide bonds. The normalized spacial score (nSPS) is 17.7. The van der Waals surface area contributed by atoms with E-state index in [1.165, 1.54) is 18.2 Å². The predicted molar refractivity (Wildman–Crippen MR) is 62.8 cm³/mol. The number of hydrogen-bond acceptors (Lipinski definition) is 5. The van der Waals surface area contributed by atoms with Gasteiger partial charge in [0.05, 0.1) is 11.5 Å². The summed E-state index contributed by atoms with van der Waals surface area (Å²) in [7, 11) is 0. The van der Waals surface area contributed by atoms with Gasteiger partial charge in [-0.3, -0.25) is 10.1 Å². The van der Waals surface area contributed by atoms with Gasteiger partial charge in [-0.2, -0.15) is 0 Å². The first kappa shape index (κ1) is 12.3. The molecule has 0 spiro atoms. The lowest BCUT2D eigenvalue weighted by molar-refractivity contribution is -0.384. The summed E-state index contributed by atoms with van der Waals surface area (Å²) in [6.07, 6.45) is 2.87. The lowest BCUT2D eigenvalue weighted by Gasteiger charge is -1.97. The lowest BCUT2D eigenvalue weighted by atomic mass is 10.2. The summed E-state index contributed by atoms with van der Waals surface area (Å²) >= 11 is 0. The number of epoxide rings is 1. The summed E-state index contributed by atoms with van der Waals surface area (Å²) in [5.74, 6) is -0.455. The second-order valence-electron chi connectivity index (χ2n) is 3.77. The van der Waals surface area contributed by atoms with Crippen LogP contribution < -0.4 is 0 Å². The molecule has 0 saturated carbocycles. The molecule has 1 aliphatic rings. The van der Waals surface area contributed by atoms with E-state index in [1.807, 2.05) is 0 Å². The molecule has 1 saturated heterocycles. The van der Waals surface area contributed by atoms with Gasteiger partial charge in [-0.15, -0.1) is 0 Å². The maximum absolute atomic E-state index is 11.3. The molecule has 1 fully saturated rings. The average molecular weight is 249 g/mol. The molecule has 1 heterocycles. The highest BCUT2D eigenvalue weighted by Crippen LogP contribution is 2.13. The third-order valence-corrected chi connectivity index (χ3v) is 2.33. The summed E-state index contributed by atoms with van der Waals surface area (Å²) in [6.45, 7) is 0.906. The van der Waals surface area contributed by atoms with Gasteiger partial charge in [-0.1, -0.05) is 0 Å². The minimum Gasteiger partial charge on any atom is -0.460 e. The summed E-state index contributed by atoms with van der Waals surface area (Å²) in [6, 6.07) is 5.88. The summed E-state index contributed by atoms with van der Waals surface area (Å²) in [5.41, 5.74) is 0.709. The fourth-order valence-corrected chi connectivity index (χ4v) is 1.26. The first-order valence-electron chi connectivity index (χ1n) is 5.36. The van der Waals surface area contributed by atoms with Gasteiger partial charge in [-0.05, 0) is 23.8 Å². The predicted octanol–water partition coefficient (Wildman–Crippen LogP) is 1.55. The Bertz CT molecular complexity index is 476. The quantitative estimate of drug-likeness (QED) is 0.260. The van der Waals surface area contributed by atoms with Crippen molar-refractivity contribution in [3.05, 3.63) is 46.0 Å². The molecule has 18 heavy (non-hydrogen) atoms. The van der Waals surface area contributed by atoms with Gasteiger partial charge in [0.2, 0.25) is 0 Å². The Morgan fingerprint density at radius 1 is 1.50 bits per heavy atom. The molecule has 6 heteroatoms. The van der Waals surface area contributed by atoms with Gasteiger partial charge in [0.1, 0.15) is 12.7 Å². The van der Waals surface area contributed by atoms with E-state index in [-0.39, 0.29) is 18.4 Å². The van der Waals surface area contributed by atoms with Crippen LogP contribution in [-0.2, 0) is 14.3 Å². The number of carbonyl (C=O) groups is 1. The largest absolute Gasteiger partial charge is 0.460 e. The van der Waals surface area contributed by atoms with Crippen molar-refractivity contribution >= 4 is 17.7 Å². The highest BCUT2D eigenvalue weighted by molar-refractivity contribution is 5.87. The van der Waals surface area contributed by atoms with Gasteiger partial charge >= 0.3 is 5.97 Å². The van der Waals surface area contributed by atoms with Crippen LogP contribution in [0.4, 0.5) is 5.69 Å². The number of esters is 1. The number of carbonyl (C=O) groups excluding carboxylic acids is 1. The zero-order valence-corrected chi connectivity index (χ0v) is 9.44. The van der Waals surface area contributed by atoms with E-state index < -0.39 is 10.9 Å². The van der Waals surface area contributed by atoms with E-state index in [9.17, 15) is 14.9 Å². The van der Waals surface area contributed by atoms with Crippen LogP contribution in [0.2, 0.25) is 0 Å². The lowest BCUT2D eigenvalue weighted by Crippen LogP contribution is -2.06. The molecule has 0 N–H and O–H groups in total. The van der Waals surface area contributed by atoms with Gasteiger partial charge in [0, 0.05) is 18.2 Å². The number of ether oxygens (including phenoxy) is 2. The fourth-order valence-electron chi connectivity index (χ4n) is 1.26. The maximum atomic E-state index is 11.3. The van der Waals surface area contributed by atoms with Gasteiger partial charge in [0.25, 0.3) is 5.69 Å². The van der Waals surface area contributed by atoms with Gasteiger partial charge in [-0.25, -0.2) is 4.79 Å². The molecule has 6 nitrogen and oxygen atoms in total. The molecule has 0 aromatic heterocycles. The van der Waals surface area contributed by atoms with Crippen molar-refractivity contribution in [2.45, 2.75) is 6.10 Å². The highest BCUT2D eigenvalue weighted by Gasteiger charge is 2.23. The second kappa shape index (κ2) is 5.42.